The number of rotatable bonds is 6. The van der Waals surface area contributed by atoms with Gasteiger partial charge in [0.25, 0.3) is 0 Å². The van der Waals surface area contributed by atoms with Gasteiger partial charge in [-0.05, 0) is 31.4 Å². The minimum absolute atomic E-state index is 0.677. The molecule has 2 saturated heterocycles. The van der Waals surface area contributed by atoms with Gasteiger partial charge in [0.05, 0.1) is 53.6 Å². The average Bonchev–Trinajstić information content (AvgIpc) is 2.68. The van der Waals surface area contributed by atoms with E-state index >= 15 is 0 Å². The van der Waals surface area contributed by atoms with Crippen LogP contribution in [0, 0.1) is 0 Å². The molecule has 0 unspecified atom stereocenters. The second-order valence-corrected chi connectivity index (χ2v) is 7.45. The molecule has 0 aliphatic carbocycles. The topological polar surface area (TPSA) is 36.6 Å². The van der Waals surface area contributed by atoms with Crippen LogP contribution in [0.1, 0.15) is 37.7 Å². The molecule has 2 fully saturated rings. The van der Waals surface area contributed by atoms with Crippen molar-refractivity contribution in [2.24, 2.45) is 0 Å². The standard InChI is InChI=1S/C20H32N2O3/c1-23-18-13-16(14-19(24-2)20(18)25-3)15-21-11-7-17(8-12-21)22-9-5-4-6-10-22/h13-14,17H,4-12,15H2,1-3H3/p+2. The van der Waals surface area contributed by atoms with E-state index in [9.17, 15) is 0 Å². The molecule has 5 nitrogen and oxygen atoms in total. The molecule has 0 bridgehead atoms. The van der Waals surface area contributed by atoms with E-state index in [1.54, 1.807) is 26.2 Å². The predicted molar refractivity (Wildman–Crippen MR) is 98.1 cm³/mol. The van der Waals surface area contributed by atoms with Crippen LogP contribution < -0.4 is 24.0 Å². The third-order valence-electron chi connectivity index (χ3n) is 5.94. The summed E-state index contributed by atoms with van der Waals surface area (Å²) < 4.78 is 16.4. The molecule has 0 atom stereocenters. The second kappa shape index (κ2) is 8.77. The fourth-order valence-corrected chi connectivity index (χ4v) is 4.55. The van der Waals surface area contributed by atoms with Crippen molar-refractivity contribution in [3.8, 4) is 17.2 Å². The highest BCUT2D eigenvalue weighted by Crippen LogP contribution is 2.38. The summed E-state index contributed by atoms with van der Waals surface area (Å²) in [6.07, 6.45) is 7.00. The van der Waals surface area contributed by atoms with Crippen LogP contribution in [-0.4, -0.2) is 53.6 Å². The van der Waals surface area contributed by atoms with Crippen molar-refractivity contribution in [1.29, 1.82) is 0 Å². The van der Waals surface area contributed by atoms with Gasteiger partial charge in [0.1, 0.15) is 6.54 Å². The Morgan fingerprint density at radius 1 is 0.840 bits per heavy atom. The van der Waals surface area contributed by atoms with Gasteiger partial charge in [-0.25, -0.2) is 0 Å². The first kappa shape index (κ1) is 18.3. The lowest BCUT2D eigenvalue weighted by Crippen LogP contribution is -3.20. The highest BCUT2D eigenvalue weighted by Gasteiger charge is 2.30. The maximum atomic E-state index is 5.49. The summed E-state index contributed by atoms with van der Waals surface area (Å²) in [5, 5.41) is 0. The normalized spacial score (nSPS) is 24.8. The summed E-state index contributed by atoms with van der Waals surface area (Å²) in [5.41, 5.74) is 1.26. The van der Waals surface area contributed by atoms with Crippen molar-refractivity contribution in [1.82, 2.24) is 0 Å². The van der Waals surface area contributed by atoms with E-state index in [-0.39, 0.29) is 0 Å². The van der Waals surface area contributed by atoms with Crippen LogP contribution in [0.4, 0.5) is 0 Å². The van der Waals surface area contributed by atoms with Crippen LogP contribution in [-0.2, 0) is 6.54 Å². The average molecular weight is 351 g/mol. The van der Waals surface area contributed by atoms with Crippen molar-refractivity contribution in [2.45, 2.75) is 44.7 Å². The van der Waals surface area contributed by atoms with E-state index in [2.05, 4.69) is 12.1 Å². The number of benzene rings is 1. The van der Waals surface area contributed by atoms with Gasteiger partial charge in [-0.3, -0.25) is 0 Å². The first-order chi connectivity index (χ1) is 12.2. The summed E-state index contributed by atoms with van der Waals surface area (Å²) in [6.45, 7) is 6.36. The third kappa shape index (κ3) is 4.39. The quantitative estimate of drug-likeness (QED) is 0.776. The number of methoxy groups -OCH3 is 3. The summed E-state index contributed by atoms with van der Waals surface area (Å²) in [7, 11) is 5.01. The number of hydrogen-bond acceptors (Lipinski definition) is 3. The number of hydrogen-bond donors (Lipinski definition) is 2. The third-order valence-corrected chi connectivity index (χ3v) is 5.94. The molecule has 25 heavy (non-hydrogen) atoms. The molecule has 2 aliphatic rings. The van der Waals surface area contributed by atoms with Crippen molar-refractivity contribution >= 4 is 0 Å². The van der Waals surface area contributed by atoms with Crippen LogP contribution in [0.3, 0.4) is 0 Å². The zero-order valence-corrected chi connectivity index (χ0v) is 16.0. The summed E-state index contributed by atoms with van der Waals surface area (Å²) in [4.78, 5) is 3.54. The minimum Gasteiger partial charge on any atom is -0.493 e. The zero-order chi connectivity index (χ0) is 17.6. The lowest BCUT2D eigenvalue weighted by molar-refractivity contribution is -0.965. The van der Waals surface area contributed by atoms with E-state index in [4.69, 9.17) is 14.2 Å². The Balaban J connectivity index is 1.60. The molecule has 0 spiro atoms. The molecular formula is C20H34N2O3+2. The van der Waals surface area contributed by atoms with E-state index in [0.29, 0.717) is 5.75 Å². The molecule has 5 heteroatoms. The Kier molecular flexibility index (Phi) is 6.43. The van der Waals surface area contributed by atoms with E-state index < -0.39 is 0 Å². The molecule has 2 heterocycles. The van der Waals surface area contributed by atoms with Crippen LogP contribution >= 0.6 is 0 Å². The smallest absolute Gasteiger partial charge is 0.203 e. The van der Waals surface area contributed by atoms with Crippen LogP contribution in [0.2, 0.25) is 0 Å². The SMILES string of the molecule is COc1cc(C[NH+]2CCC([NH+]3CCCCC3)CC2)cc(OC)c1OC. The highest BCUT2D eigenvalue weighted by atomic mass is 16.5. The Hall–Kier alpha value is -1.46. The van der Waals surface area contributed by atoms with E-state index in [1.807, 2.05) is 4.90 Å². The molecule has 1 aromatic carbocycles. The zero-order valence-electron chi connectivity index (χ0n) is 16.0. The Labute approximate surface area is 151 Å². The summed E-state index contributed by atoms with van der Waals surface area (Å²) in [5.74, 6) is 2.18. The lowest BCUT2D eigenvalue weighted by atomic mass is 9.99. The fraction of sp³-hybridized carbons (Fsp3) is 0.700. The number of nitrogens with one attached hydrogen (secondary N) is 2. The monoisotopic (exact) mass is 350 g/mol. The van der Waals surface area contributed by atoms with Crippen LogP contribution in [0.5, 0.6) is 17.2 Å². The summed E-state index contributed by atoms with van der Waals surface area (Å²) >= 11 is 0. The molecule has 3 rings (SSSR count). The predicted octanol–water partition coefficient (Wildman–Crippen LogP) is 0.329. The Bertz CT molecular complexity index is 525. The highest BCUT2D eigenvalue weighted by molar-refractivity contribution is 5.53. The van der Waals surface area contributed by atoms with Gasteiger partial charge in [0.15, 0.2) is 11.5 Å². The molecule has 0 radical (unpaired) electrons. The van der Waals surface area contributed by atoms with Gasteiger partial charge in [0.2, 0.25) is 5.75 Å². The van der Waals surface area contributed by atoms with Gasteiger partial charge < -0.3 is 24.0 Å². The first-order valence-electron chi connectivity index (χ1n) is 9.72. The maximum absolute atomic E-state index is 5.49. The molecule has 0 amide bonds. The molecular weight excluding hydrogens is 316 g/mol. The van der Waals surface area contributed by atoms with Gasteiger partial charge in [-0.1, -0.05) is 0 Å². The van der Waals surface area contributed by atoms with Crippen LogP contribution in [0.25, 0.3) is 0 Å². The first-order valence-corrected chi connectivity index (χ1v) is 9.72. The van der Waals surface area contributed by atoms with Crippen molar-refractivity contribution in [2.75, 3.05) is 47.5 Å². The van der Waals surface area contributed by atoms with Crippen molar-refractivity contribution < 1.29 is 24.0 Å². The molecule has 0 aromatic heterocycles. The molecule has 0 saturated carbocycles. The molecule has 140 valence electrons. The van der Waals surface area contributed by atoms with Crippen molar-refractivity contribution in [3.05, 3.63) is 17.7 Å². The van der Waals surface area contributed by atoms with Gasteiger partial charge in [0, 0.05) is 18.4 Å². The van der Waals surface area contributed by atoms with Gasteiger partial charge in [-0.2, -0.15) is 0 Å². The number of piperidine rings is 2. The van der Waals surface area contributed by atoms with Gasteiger partial charge >= 0.3 is 0 Å². The van der Waals surface area contributed by atoms with Gasteiger partial charge in [-0.15, -0.1) is 0 Å². The Morgan fingerprint density at radius 3 is 1.96 bits per heavy atom. The molecule has 2 N–H and O–H groups in total. The lowest BCUT2D eigenvalue weighted by Gasteiger charge is -2.36. The Morgan fingerprint density at radius 2 is 1.44 bits per heavy atom. The largest absolute Gasteiger partial charge is 0.493 e. The summed E-state index contributed by atoms with van der Waals surface area (Å²) in [6, 6.07) is 5.08. The second-order valence-electron chi connectivity index (χ2n) is 7.45. The maximum Gasteiger partial charge on any atom is 0.203 e. The number of ether oxygens (including phenoxy) is 3. The van der Waals surface area contributed by atoms with Crippen molar-refractivity contribution in [3.63, 3.8) is 0 Å². The van der Waals surface area contributed by atoms with E-state index in [1.165, 1.54) is 63.8 Å². The number of quaternary nitrogens is 2. The molecule has 2 aliphatic heterocycles. The number of likely N-dealkylation sites (tertiary alicyclic amines) is 2. The van der Waals surface area contributed by atoms with Crippen LogP contribution in [0.15, 0.2) is 12.1 Å². The molecule has 1 aromatic rings. The fourth-order valence-electron chi connectivity index (χ4n) is 4.55. The minimum atomic E-state index is 0.677. The van der Waals surface area contributed by atoms with E-state index in [0.717, 1.165) is 24.1 Å².